The molecular formula is C11H17N3OS. The largest absolute Gasteiger partial charge is 0.337 e. The number of amides is 1. The Balaban J connectivity index is 2.03. The Bertz CT molecular complexity index is 371. The Morgan fingerprint density at radius 3 is 3.06 bits per heavy atom. The van der Waals surface area contributed by atoms with Crippen molar-refractivity contribution in [2.24, 2.45) is 0 Å². The van der Waals surface area contributed by atoms with Gasteiger partial charge in [-0.05, 0) is 26.3 Å². The standard InChI is InChI=1S/C11H17N3OS/c1-8-13-7-10(16-8)11(15)14(2)9-4-3-5-12-6-9/h7,9,12H,3-6H2,1-2H3. The van der Waals surface area contributed by atoms with Gasteiger partial charge in [-0.1, -0.05) is 0 Å². The summed E-state index contributed by atoms with van der Waals surface area (Å²) in [4.78, 5) is 18.8. The Kier molecular flexibility index (Phi) is 3.56. The van der Waals surface area contributed by atoms with Gasteiger partial charge < -0.3 is 10.2 Å². The first-order valence-electron chi connectivity index (χ1n) is 5.59. The van der Waals surface area contributed by atoms with E-state index < -0.39 is 0 Å². The predicted octanol–water partition coefficient (Wildman–Crippen LogP) is 1.28. The molecule has 0 aliphatic carbocycles. The summed E-state index contributed by atoms with van der Waals surface area (Å²) in [5.74, 6) is 0.0966. The van der Waals surface area contributed by atoms with Gasteiger partial charge in [-0.3, -0.25) is 4.79 Å². The summed E-state index contributed by atoms with van der Waals surface area (Å²) in [6.45, 7) is 3.89. The molecule has 88 valence electrons. The second kappa shape index (κ2) is 4.93. The third kappa shape index (κ3) is 2.41. The van der Waals surface area contributed by atoms with Gasteiger partial charge in [-0.2, -0.15) is 0 Å². The number of rotatable bonds is 2. The summed E-state index contributed by atoms with van der Waals surface area (Å²) in [6.07, 6.45) is 3.91. The number of piperidine rings is 1. The third-order valence-electron chi connectivity index (χ3n) is 2.97. The number of likely N-dealkylation sites (N-methyl/N-ethyl adjacent to an activating group) is 1. The van der Waals surface area contributed by atoms with Gasteiger partial charge in [0.05, 0.1) is 11.2 Å². The van der Waals surface area contributed by atoms with E-state index in [-0.39, 0.29) is 5.91 Å². The van der Waals surface area contributed by atoms with Crippen LogP contribution in [0.3, 0.4) is 0 Å². The second-order valence-corrected chi connectivity index (χ2v) is 5.39. The highest BCUT2D eigenvalue weighted by atomic mass is 32.1. The fourth-order valence-corrected chi connectivity index (χ4v) is 2.72. The van der Waals surface area contributed by atoms with Crippen LogP contribution in [0.25, 0.3) is 0 Å². The molecule has 1 atom stereocenters. The van der Waals surface area contributed by atoms with E-state index >= 15 is 0 Å². The zero-order valence-corrected chi connectivity index (χ0v) is 10.5. The highest BCUT2D eigenvalue weighted by molar-refractivity contribution is 7.13. The SMILES string of the molecule is Cc1ncc(C(=O)N(C)C2CCCNC2)s1. The normalized spacial score (nSPS) is 20.8. The highest BCUT2D eigenvalue weighted by Crippen LogP contribution is 2.17. The molecule has 0 radical (unpaired) electrons. The average molecular weight is 239 g/mol. The molecule has 2 rings (SSSR count). The summed E-state index contributed by atoms with van der Waals surface area (Å²) >= 11 is 1.47. The number of aromatic nitrogens is 1. The lowest BCUT2D eigenvalue weighted by Gasteiger charge is -2.31. The van der Waals surface area contributed by atoms with Crippen molar-refractivity contribution in [2.75, 3.05) is 20.1 Å². The first-order chi connectivity index (χ1) is 7.68. The molecule has 2 heterocycles. The molecule has 0 bridgehead atoms. The Morgan fingerprint density at radius 2 is 2.50 bits per heavy atom. The third-order valence-corrected chi connectivity index (χ3v) is 3.87. The van der Waals surface area contributed by atoms with E-state index in [1.807, 2.05) is 18.9 Å². The first kappa shape index (κ1) is 11.5. The quantitative estimate of drug-likeness (QED) is 0.845. The summed E-state index contributed by atoms with van der Waals surface area (Å²) in [5.41, 5.74) is 0. The Labute approximate surface area is 99.7 Å². The molecule has 0 saturated carbocycles. The van der Waals surface area contributed by atoms with E-state index in [2.05, 4.69) is 10.3 Å². The lowest BCUT2D eigenvalue weighted by atomic mass is 10.1. The zero-order valence-electron chi connectivity index (χ0n) is 9.69. The maximum Gasteiger partial charge on any atom is 0.265 e. The topological polar surface area (TPSA) is 45.2 Å². The average Bonchev–Trinajstić information content (AvgIpc) is 2.75. The molecule has 0 aromatic carbocycles. The van der Waals surface area contributed by atoms with Gasteiger partial charge in [0, 0.05) is 19.6 Å². The van der Waals surface area contributed by atoms with Crippen molar-refractivity contribution >= 4 is 17.2 Å². The minimum atomic E-state index is 0.0966. The molecular weight excluding hydrogens is 222 g/mol. The van der Waals surface area contributed by atoms with Crippen LogP contribution in [-0.4, -0.2) is 42.0 Å². The van der Waals surface area contributed by atoms with Crippen LogP contribution in [0.1, 0.15) is 27.5 Å². The number of thiazole rings is 1. The van der Waals surface area contributed by atoms with E-state index in [1.54, 1.807) is 6.20 Å². The number of nitrogens with zero attached hydrogens (tertiary/aromatic N) is 2. The van der Waals surface area contributed by atoms with Crippen LogP contribution in [0, 0.1) is 6.92 Å². The number of hydrogen-bond acceptors (Lipinski definition) is 4. The molecule has 1 aromatic heterocycles. The number of carbonyl (C=O) groups is 1. The minimum absolute atomic E-state index is 0.0966. The summed E-state index contributed by atoms with van der Waals surface area (Å²) < 4.78 is 0. The number of carbonyl (C=O) groups excluding carboxylic acids is 1. The lowest BCUT2D eigenvalue weighted by molar-refractivity contribution is 0.0713. The van der Waals surface area contributed by atoms with E-state index in [0.717, 1.165) is 35.8 Å². The van der Waals surface area contributed by atoms with Crippen LogP contribution in [0.4, 0.5) is 0 Å². The van der Waals surface area contributed by atoms with Crippen molar-refractivity contribution in [3.05, 3.63) is 16.1 Å². The molecule has 1 amide bonds. The summed E-state index contributed by atoms with van der Waals surface area (Å²) in [6, 6.07) is 0.323. The van der Waals surface area contributed by atoms with Crippen LogP contribution in [-0.2, 0) is 0 Å². The van der Waals surface area contributed by atoms with Gasteiger partial charge in [-0.15, -0.1) is 11.3 Å². The zero-order chi connectivity index (χ0) is 11.5. The predicted molar refractivity (Wildman–Crippen MR) is 64.8 cm³/mol. The Hall–Kier alpha value is -0.940. The van der Waals surface area contributed by atoms with Gasteiger partial charge >= 0.3 is 0 Å². The maximum atomic E-state index is 12.1. The molecule has 1 unspecified atom stereocenters. The van der Waals surface area contributed by atoms with Crippen LogP contribution < -0.4 is 5.32 Å². The molecule has 5 heteroatoms. The lowest BCUT2D eigenvalue weighted by Crippen LogP contribution is -2.46. The van der Waals surface area contributed by atoms with Crippen LogP contribution in [0.15, 0.2) is 6.20 Å². The van der Waals surface area contributed by atoms with Crippen molar-refractivity contribution in [1.82, 2.24) is 15.2 Å². The molecule has 1 fully saturated rings. The van der Waals surface area contributed by atoms with Gasteiger partial charge in [0.2, 0.25) is 0 Å². The maximum absolute atomic E-state index is 12.1. The van der Waals surface area contributed by atoms with Gasteiger partial charge in [0.15, 0.2) is 0 Å². The Morgan fingerprint density at radius 1 is 1.69 bits per heavy atom. The molecule has 4 nitrogen and oxygen atoms in total. The molecule has 1 aliphatic heterocycles. The van der Waals surface area contributed by atoms with E-state index in [0.29, 0.717) is 6.04 Å². The van der Waals surface area contributed by atoms with E-state index in [9.17, 15) is 4.79 Å². The smallest absolute Gasteiger partial charge is 0.265 e. The minimum Gasteiger partial charge on any atom is -0.337 e. The monoisotopic (exact) mass is 239 g/mol. The fourth-order valence-electron chi connectivity index (χ4n) is 1.96. The second-order valence-electron chi connectivity index (χ2n) is 4.16. The van der Waals surface area contributed by atoms with Gasteiger partial charge in [-0.25, -0.2) is 4.98 Å². The first-order valence-corrected chi connectivity index (χ1v) is 6.40. The van der Waals surface area contributed by atoms with Crippen molar-refractivity contribution in [3.8, 4) is 0 Å². The molecule has 1 aromatic rings. The van der Waals surface area contributed by atoms with Gasteiger partial charge in [0.25, 0.3) is 5.91 Å². The van der Waals surface area contributed by atoms with E-state index in [4.69, 9.17) is 0 Å². The van der Waals surface area contributed by atoms with Crippen molar-refractivity contribution in [3.63, 3.8) is 0 Å². The molecule has 0 spiro atoms. The molecule has 16 heavy (non-hydrogen) atoms. The highest BCUT2D eigenvalue weighted by Gasteiger charge is 2.23. The fraction of sp³-hybridized carbons (Fsp3) is 0.636. The van der Waals surface area contributed by atoms with Crippen LogP contribution >= 0.6 is 11.3 Å². The van der Waals surface area contributed by atoms with Crippen molar-refractivity contribution in [1.29, 1.82) is 0 Å². The van der Waals surface area contributed by atoms with Crippen LogP contribution in [0.5, 0.6) is 0 Å². The molecule has 1 saturated heterocycles. The number of nitrogens with one attached hydrogen (secondary N) is 1. The molecule has 1 aliphatic rings. The number of hydrogen-bond donors (Lipinski definition) is 1. The van der Waals surface area contributed by atoms with Crippen LogP contribution in [0.2, 0.25) is 0 Å². The molecule has 1 N–H and O–H groups in total. The van der Waals surface area contributed by atoms with Crippen molar-refractivity contribution < 1.29 is 4.79 Å². The number of aryl methyl sites for hydroxylation is 1. The van der Waals surface area contributed by atoms with E-state index in [1.165, 1.54) is 11.3 Å². The van der Waals surface area contributed by atoms with Gasteiger partial charge in [0.1, 0.15) is 4.88 Å². The summed E-state index contributed by atoms with van der Waals surface area (Å²) in [5, 5.41) is 4.26. The summed E-state index contributed by atoms with van der Waals surface area (Å²) in [7, 11) is 1.88. The van der Waals surface area contributed by atoms with Crippen molar-refractivity contribution in [2.45, 2.75) is 25.8 Å².